The number of urea groups is 1. The fraction of sp³-hybridized carbons (Fsp3) is 0.818. The van der Waals surface area contributed by atoms with Crippen molar-refractivity contribution in [1.29, 1.82) is 0 Å². The highest BCUT2D eigenvalue weighted by Gasteiger charge is 2.15. The van der Waals surface area contributed by atoms with E-state index in [1.165, 1.54) is 4.90 Å². The van der Waals surface area contributed by atoms with Crippen molar-refractivity contribution < 1.29 is 19.8 Å². The SMILES string of the molecule is CC(CCC(=O)O)CNC(=O)N(C)C(C)CO. The van der Waals surface area contributed by atoms with E-state index in [2.05, 4.69) is 5.32 Å². The quantitative estimate of drug-likeness (QED) is 0.610. The lowest BCUT2D eigenvalue weighted by Gasteiger charge is -2.24. The van der Waals surface area contributed by atoms with Crippen LogP contribution in [0.1, 0.15) is 26.7 Å². The van der Waals surface area contributed by atoms with Crippen molar-refractivity contribution >= 4 is 12.0 Å². The Labute approximate surface area is 102 Å². The van der Waals surface area contributed by atoms with Gasteiger partial charge in [-0.2, -0.15) is 0 Å². The zero-order valence-corrected chi connectivity index (χ0v) is 10.6. The summed E-state index contributed by atoms with van der Waals surface area (Å²) in [7, 11) is 1.61. The molecule has 0 radical (unpaired) electrons. The highest BCUT2D eigenvalue weighted by molar-refractivity contribution is 5.74. The van der Waals surface area contributed by atoms with Gasteiger partial charge in [0.05, 0.1) is 12.6 Å². The number of aliphatic carboxylic acids is 1. The van der Waals surface area contributed by atoms with Gasteiger partial charge in [-0.1, -0.05) is 6.92 Å². The molecule has 2 amide bonds. The molecule has 0 aromatic carbocycles. The molecular weight excluding hydrogens is 224 g/mol. The van der Waals surface area contributed by atoms with Crippen LogP contribution in [0.2, 0.25) is 0 Å². The molecule has 6 heteroatoms. The number of hydrogen-bond acceptors (Lipinski definition) is 3. The monoisotopic (exact) mass is 246 g/mol. The van der Waals surface area contributed by atoms with E-state index in [4.69, 9.17) is 10.2 Å². The highest BCUT2D eigenvalue weighted by atomic mass is 16.4. The standard InChI is InChI=1S/C11H22N2O4/c1-8(4-5-10(15)16)6-12-11(17)13(3)9(2)7-14/h8-9,14H,4-7H2,1-3H3,(H,12,17)(H,15,16). The normalized spacial score (nSPS) is 13.9. The summed E-state index contributed by atoms with van der Waals surface area (Å²) in [6.45, 7) is 3.99. The second-order valence-corrected chi connectivity index (χ2v) is 4.37. The second kappa shape index (κ2) is 7.89. The highest BCUT2D eigenvalue weighted by Crippen LogP contribution is 2.04. The third-order valence-electron chi connectivity index (χ3n) is 2.70. The van der Waals surface area contributed by atoms with Crippen molar-refractivity contribution in [2.45, 2.75) is 32.7 Å². The Balaban J connectivity index is 3.86. The first-order chi connectivity index (χ1) is 7.88. The molecule has 0 aliphatic carbocycles. The fourth-order valence-corrected chi connectivity index (χ4v) is 1.18. The van der Waals surface area contributed by atoms with Crippen LogP contribution in [0.4, 0.5) is 4.79 Å². The zero-order valence-electron chi connectivity index (χ0n) is 10.6. The zero-order chi connectivity index (χ0) is 13.4. The number of nitrogens with one attached hydrogen (secondary N) is 1. The lowest BCUT2D eigenvalue weighted by molar-refractivity contribution is -0.137. The Kier molecular flexibility index (Phi) is 7.29. The van der Waals surface area contributed by atoms with Crippen LogP contribution in [0, 0.1) is 5.92 Å². The maximum Gasteiger partial charge on any atom is 0.317 e. The largest absolute Gasteiger partial charge is 0.481 e. The Hall–Kier alpha value is -1.30. The Bertz CT molecular complexity index is 258. The number of carboxylic acids is 1. The van der Waals surface area contributed by atoms with E-state index >= 15 is 0 Å². The predicted octanol–water partition coefficient (Wildman–Crippen LogP) is 0.509. The molecule has 0 saturated heterocycles. The Morgan fingerprint density at radius 3 is 2.41 bits per heavy atom. The molecule has 0 spiro atoms. The van der Waals surface area contributed by atoms with Gasteiger partial charge in [0.25, 0.3) is 0 Å². The van der Waals surface area contributed by atoms with Crippen LogP contribution in [0.5, 0.6) is 0 Å². The van der Waals surface area contributed by atoms with Crippen LogP contribution in [0.3, 0.4) is 0 Å². The Morgan fingerprint density at radius 2 is 1.94 bits per heavy atom. The van der Waals surface area contributed by atoms with Crippen molar-refractivity contribution in [3.8, 4) is 0 Å². The molecule has 2 unspecified atom stereocenters. The van der Waals surface area contributed by atoms with Gasteiger partial charge in [0.2, 0.25) is 0 Å². The van der Waals surface area contributed by atoms with E-state index in [0.29, 0.717) is 13.0 Å². The van der Waals surface area contributed by atoms with Crippen LogP contribution in [0.15, 0.2) is 0 Å². The van der Waals surface area contributed by atoms with Gasteiger partial charge in [0.15, 0.2) is 0 Å². The fourth-order valence-electron chi connectivity index (χ4n) is 1.18. The maximum absolute atomic E-state index is 11.6. The number of carboxylic acid groups (broad SMARTS) is 1. The van der Waals surface area contributed by atoms with Crippen LogP contribution in [0.25, 0.3) is 0 Å². The van der Waals surface area contributed by atoms with Crippen molar-refractivity contribution in [3.63, 3.8) is 0 Å². The lowest BCUT2D eigenvalue weighted by Crippen LogP contribution is -2.45. The minimum atomic E-state index is -0.825. The molecule has 0 rings (SSSR count). The number of carbonyl (C=O) groups excluding carboxylic acids is 1. The smallest absolute Gasteiger partial charge is 0.317 e. The van der Waals surface area contributed by atoms with Gasteiger partial charge < -0.3 is 20.4 Å². The third kappa shape index (κ3) is 6.78. The van der Waals surface area contributed by atoms with Gasteiger partial charge >= 0.3 is 12.0 Å². The summed E-state index contributed by atoms with van der Waals surface area (Å²) in [5.74, 6) is -0.706. The van der Waals surface area contributed by atoms with Gasteiger partial charge in [0.1, 0.15) is 0 Å². The van der Waals surface area contributed by atoms with Crippen LogP contribution in [-0.2, 0) is 4.79 Å². The molecule has 0 heterocycles. The number of amides is 2. The molecule has 0 aliphatic heterocycles. The van der Waals surface area contributed by atoms with Gasteiger partial charge in [-0.05, 0) is 19.3 Å². The average Bonchev–Trinajstić information content (AvgIpc) is 2.31. The first-order valence-electron chi connectivity index (χ1n) is 5.71. The molecule has 0 fully saturated rings. The minimum Gasteiger partial charge on any atom is -0.481 e. The molecule has 2 atom stereocenters. The summed E-state index contributed by atoms with van der Waals surface area (Å²) in [6, 6.07) is -0.488. The van der Waals surface area contributed by atoms with Crippen LogP contribution < -0.4 is 5.32 Å². The summed E-state index contributed by atoms with van der Waals surface area (Å²) in [5.41, 5.74) is 0. The van der Waals surface area contributed by atoms with Crippen LogP contribution >= 0.6 is 0 Å². The summed E-state index contributed by atoms with van der Waals surface area (Å²) in [6.07, 6.45) is 0.648. The molecule has 0 aromatic rings. The topological polar surface area (TPSA) is 89.9 Å². The summed E-state index contributed by atoms with van der Waals surface area (Å²) in [4.78, 5) is 23.3. The van der Waals surface area contributed by atoms with E-state index in [9.17, 15) is 9.59 Å². The molecule has 100 valence electrons. The summed E-state index contributed by atoms with van der Waals surface area (Å²) >= 11 is 0. The molecular formula is C11H22N2O4. The van der Waals surface area contributed by atoms with E-state index < -0.39 is 5.97 Å². The van der Waals surface area contributed by atoms with Gasteiger partial charge in [-0.25, -0.2) is 4.79 Å². The van der Waals surface area contributed by atoms with Gasteiger partial charge in [-0.15, -0.1) is 0 Å². The van der Waals surface area contributed by atoms with E-state index in [1.807, 2.05) is 6.92 Å². The Morgan fingerprint density at radius 1 is 1.35 bits per heavy atom. The third-order valence-corrected chi connectivity index (χ3v) is 2.70. The van der Waals surface area contributed by atoms with E-state index in [-0.39, 0.29) is 31.0 Å². The van der Waals surface area contributed by atoms with Crippen LogP contribution in [-0.4, -0.2) is 53.4 Å². The van der Waals surface area contributed by atoms with Crippen molar-refractivity contribution in [1.82, 2.24) is 10.2 Å². The second-order valence-electron chi connectivity index (χ2n) is 4.37. The first-order valence-corrected chi connectivity index (χ1v) is 5.71. The molecule has 3 N–H and O–H groups in total. The number of aliphatic hydroxyl groups is 1. The number of aliphatic hydroxyl groups excluding tert-OH is 1. The number of hydrogen-bond donors (Lipinski definition) is 3. The molecule has 0 aliphatic rings. The van der Waals surface area contributed by atoms with E-state index in [0.717, 1.165) is 0 Å². The van der Waals surface area contributed by atoms with Gasteiger partial charge in [-0.3, -0.25) is 4.79 Å². The van der Waals surface area contributed by atoms with Crippen molar-refractivity contribution in [3.05, 3.63) is 0 Å². The lowest BCUT2D eigenvalue weighted by atomic mass is 10.1. The summed E-state index contributed by atoms with van der Waals surface area (Å²) < 4.78 is 0. The molecule has 17 heavy (non-hydrogen) atoms. The van der Waals surface area contributed by atoms with Gasteiger partial charge in [0, 0.05) is 20.0 Å². The number of rotatable bonds is 7. The predicted molar refractivity (Wildman–Crippen MR) is 63.7 cm³/mol. The molecule has 0 aromatic heterocycles. The maximum atomic E-state index is 11.6. The molecule has 0 bridgehead atoms. The number of nitrogens with zero attached hydrogens (tertiary/aromatic N) is 1. The molecule has 0 saturated carbocycles. The van der Waals surface area contributed by atoms with Crippen molar-refractivity contribution in [2.24, 2.45) is 5.92 Å². The molecule has 6 nitrogen and oxygen atoms in total. The number of likely N-dealkylation sites (N-methyl/N-ethyl adjacent to an activating group) is 1. The minimum absolute atomic E-state index is 0.0848. The first kappa shape index (κ1) is 15.7. The van der Waals surface area contributed by atoms with Crippen molar-refractivity contribution in [2.75, 3.05) is 20.2 Å². The number of carbonyl (C=O) groups is 2. The van der Waals surface area contributed by atoms with E-state index in [1.54, 1.807) is 14.0 Å². The summed E-state index contributed by atoms with van der Waals surface area (Å²) in [5, 5.41) is 20.1. The average molecular weight is 246 g/mol.